The van der Waals surface area contributed by atoms with E-state index in [9.17, 15) is 21.6 Å². The lowest BCUT2D eigenvalue weighted by atomic mass is 10.0. The third-order valence-corrected chi connectivity index (χ3v) is 6.63. The van der Waals surface area contributed by atoms with Crippen LogP contribution in [0.15, 0.2) is 70.9 Å². The van der Waals surface area contributed by atoms with E-state index in [-0.39, 0.29) is 21.8 Å². The molecule has 0 amide bonds. The van der Waals surface area contributed by atoms with Crippen LogP contribution in [-0.2, 0) is 16.0 Å². The molecule has 2 aromatic carbocycles. The summed E-state index contributed by atoms with van der Waals surface area (Å²) in [7, 11) is -3.45. The zero-order valence-electron chi connectivity index (χ0n) is 15.6. The maximum Gasteiger partial charge on any atom is 0.420 e. The van der Waals surface area contributed by atoms with E-state index in [1.807, 2.05) is 17.5 Å². The fourth-order valence-corrected chi connectivity index (χ4v) is 4.50. The first-order valence-electron chi connectivity index (χ1n) is 8.75. The number of aromatic amines is 1. The van der Waals surface area contributed by atoms with Crippen molar-refractivity contribution in [2.75, 3.05) is 6.26 Å². The van der Waals surface area contributed by atoms with Gasteiger partial charge in [-0.1, -0.05) is 42.5 Å². The van der Waals surface area contributed by atoms with Gasteiger partial charge in [-0.25, -0.2) is 8.42 Å². The molecule has 154 valence electrons. The molecule has 0 bridgehead atoms. The standard InChI is InChI=1S/C21H15F3N2O2S2/c1-30(27,28)16-10-8-15(9-11-16)20-18(21(22,23)24)19(25-26-20)14-6-4-13(5-7-14)17-3-2-12-29-17/h2-12H,1H3,(H,25,26). The Morgan fingerprint density at radius 3 is 2.03 bits per heavy atom. The molecule has 0 fully saturated rings. The summed E-state index contributed by atoms with van der Waals surface area (Å²) in [5.41, 5.74) is 0.136. The number of halogens is 3. The molecule has 0 aliphatic heterocycles. The molecular weight excluding hydrogens is 433 g/mol. The second-order valence-electron chi connectivity index (χ2n) is 6.67. The Morgan fingerprint density at radius 1 is 0.900 bits per heavy atom. The van der Waals surface area contributed by atoms with Crippen molar-refractivity contribution in [1.82, 2.24) is 10.2 Å². The minimum atomic E-state index is -4.65. The Labute approximate surface area is 174 Å². The molecule has 1 N–H and O–H groups in total. The highest BCUT2D eigenvalue weighted by molar-refractivity contribution is 7.90. The lowest BCUT2D eigenvalue weighted by Gasteiger charge is -2.11. The van der Waals surface area contributed by atoms with Crippen molar-refractivity contribution < 1.29 is 21.6 Å². The Balaban J connectivity index is 1.78. The topological polar surface area (TPSA) is 62.8 Å². The van der Waals surface area contributed by atoms with Crippen LogP contribution in [0.4, 0.5) is 13.2 Å². The highest BCUT2D eigenvalue weighted by Gasteiger charge is 2.39. The molecule has 0 saturated carbocycles. The number of H-pyrrole nitrogens is 1. The van der Waals surface area contributed by atoms with Crippen LogP contribution in [0.2, 0.25) is 0 Å². The first kappa shape index (κ1) is 20.4. The van der Waals surface area contributed by atoms with Gasteiger partial charge in [-0.05, 0) is 29.1 Å². The van der Waals surface area contributed by atoms with Crippen molar-refractivity contribution >= 4 is 21.2 Å². The van der Waals surface area contributed by atoms with Gasteiger partial charge in [0.25, 0.3) is 0 Å². The summed E-state index contributed by atoms with van der Waals surface area (Å²) in [5, 5.41) is 8.34. The van der Waals surface area contributed by atoms with Crippen molar-refractivity contribution in [3.63, 3.8) is 0 Å². The number of hydrogen-bond donors (Lipinski definition) is 1. The number of alkyl halides is 3. The van der Waals surface area contributed by atoms with Crippen molar-refractivity contribution in [1.29, 1.82) is 0 Å². The van der Waals surface area contributed by atoms with Gasteiger partial charge in [-0.2, -0.15) is 18.3 Å². The monoisotopic (exact) mass is 448 g/mol. The number of aromatic nitrogens is 2. The molecule has 0 aliphatic carbocycles. The number of benzene rings is 2. The summed E-state index contributed by atoms with van der Waals surface area (Å²) in [6, 6.07) is 15.8. The SMILES string of the molecule is CS(=O)(=O)c1ccc(-c2[nH]nc(-c3ccc(-c4cccs4)cc3)c2C(F)(F)F)cc1. The van der Waals surface area contributed by atoms with E-state index in [1.54, 1.807) is 35.6 Å². The first-order chi connectivity index (χ1) is 14.1. The normalized spacial score (nSPS) is 12.3. The van der Waals surface area contributed by atoms with Gasteiger partial charge >= 0.3 is 6.18 Å². The summed E-state index contributed by atoms with van der Waals surface area (Å²) in [6.07, 6.45) is -3.61. The van der Waals surface area contributed by atoms with Crippen LogP contribution < -0.4 is 0 Å². The highest BCUT2D eigenvalue weighted by atomic mass is 32.2. The number of nitrogens with one attached hydrogen (secondary N) is 1. The summed E-state index contributed by atoms with van der Waals surface area (Å²) in [5.74, 6) is 0. The summed E-state index contributed by atoms with van der Waals surface area (Å²) < 4.78 is 65.0. The Morgan fingerprint density at radius 2 is 1.50 bits per heavy atom. The summed E-state index contributed by atoms with van der Waals surface area (Å²) >= 11 is 1.54. The molecule has 0 saturated heterocycles. The fraction of sp³-hybridized carbons (Fsp3) is 0.0952. The van der Waals surface area contributed by atoms with E-state index in [0.29, 0.717) is 5.56 Å². The molecule has 2 heterocycles. The molecule has 0 radical (unpaired) electrons. The van der Waals surface area contributed by atoms with Crippen molar-refractivity contribution in [2.24, 2.45) is 0 Å². The fourth-order valence-electron chi connectivity index (χ4n) is 3.14. The molecule has 4 aromatic rings. The molecule has 2 aromatic heterocycles. The average Bonchev–Trinajstić information content (AvgIpc) is 3.37. The third kappa shape index (κ3) is 3.90. The van der Waals surface area contributed by atoms with Gasteiger partial charge in [0.15, 0.2) is 9.84 Å². The van der Waals surface area contributed by atoms with Crippen LogP contribution >= 0.6 is 11.3 Å². The van der Waals surface area contributed by atoms with Crippen molar-refractivity contribution in [3.8, 4) is 33.0 Å². The maximum absolute atomic E-state index is 13.9. The highest BCUT2D eigenvalue weighted by Crippen LogP contribution is 2.42. The summed E-state index contributed by atoms with van der Waals surface area (Å²) in [4.78, 5) is 1.05. The molecule has 0 unspecified atom stereocenters. The Kier molecular flexibility index (Phi) is 5.03. The quantitative estimate of drug-likeness (QED) is 0.423. The van der Waals surface area contributed by atoms with E-state index in [1.165, 1.54) is 24.3 Å². The average molecular weight is 448 g/mol. The van der Waals surface area contributed by atoms with Gasteiger partial charge in [0.05, 0.1) is 10.6 Å². The largest absolute Gasteiger partial charge is 0.420 e. The lowest BCUT2D eigenvalue weighted by Crippen LogP contribution is -2.07. The second kappa shape index (κ2) is 7.41. The van der Waals surface area contributed by atoms with Crippen LogP contribution in [0.5, 0.6) is 0 Å². The molecule has 9 heteroatoms. The number of rotatable bonds is 4. The van der Waals surface area contributed by atoms with E-state index in [0.717, 1.165) is 16.7 Å². The molecule has 0 aliphatic rings. The van der Waals surface area contributed by atoms with E-state index < -0.39 is 21.6 Å². The van der Waals surface area contributed by atoms with Gasteiger partial charge in [-0.3, -0.25) is 5.10 Å². The number of thiophene rings is 1. The van der Waals surface area contributed by atoms with E-state index >= 15 is 0 Å². The van der Waals surface area contributed by atoms with Gasteiger partial charge < -0.3 is 0 Å². The van der Waals surface area contributed by atoms with Crippen LogP contribution in [0.25, 0.3) is 33.0 Å². The van der Waals surface area contributed by atoms with E-state index in [4.69, 9.17) is 0 Å². The molecule has 0 spiro atoms. The van der Waals surface area contributed by atoms with Gasteiger partial charge in [0.1, 0.15) is 11.3 Å². The number of sulfone groups is 1. The predicted octanol–water partition coefficient (Wildman–Crippen LogP) is 5.89. The second-order valence-corrected chi connectivity index (χ2v) is 9.63. The molecule has 0 atom stereocenters. The van der Waals surface area contributed by atoms with Gasteiger partial charge in [0, 0.05) is 22.3 Å². The van der Waals surface area contributed by atoms with Crippen LogP contribution in [0.1, 0.15) is 5.56 Å². The van der Waals surface area contributed by atoms with Crippen LogP contribution in [0.3, 0.4) is 0 Å². The lowest BCUT2D eigenvalue weighted by molar-refractivity contribution is -0.136. The Hall–Kier alpha value is -2.91. The van der Waals surface area contributed by atoms with Crippen molar-refractivity contribution in [2.45, 2.75) is 11.1 Å². The predicted molar refractivity (Wildman–Crippen MR) is 111 cm³/mol. The van der Waals surface area contributed by atoms with Crippen molar-refractivity contribution in [3.05, 3.63) is 71.6 Å². The third-order valence-electron chi connectivity index (χ3n) is 4.58. The number of nitrogens with zero attached hydrogens (tertiary/aromatic N) is 1. The number of hydrogen-bond acceptors (Lipinski definition) is 4. The van der Waals surface area contributed by atoms with E-state index in [2.05, 4.69) is 10.2 Å². The van der Waals surface area contributed by atoms with Crippen LogP contribution in [-0.4, -0.2) is 24.9 Å². The maximum atomic E-state index is 13.9. The first-order valence-corrected chi connectivity index (χ1v) is 11.5. The smallest absolute Gasteiger partial charge is 0.277 e. The molecule has 30 heavy (non-hydrogen) atoms. The van der Waals surface area contributed by atoms with Crippen LogP contribution in [0, 0.1) is 0 Å². The van der Waals surface area contributed by atoms with Gasteiger partial charge in [0.2, 0.25) is 0 Å². The Bertz CT molecular complexity index is 1270. The van der Waals surface area contributed by atoms with Gasteiger partial charge in [-0.15, -0.1) is 11.3 Å². The molecular formula is C21H15F3N2O2S2. The zero-order chi connectivity index (χ0) is 21.5. The molecule has 4 rings (SSSR count). The zero-order valence-corrected chi connectivity index (χ0v) is 17.2. The summed E-state index contributed by atoms with van der Waals surface area (Å²) in [6.45, 7) is 0. The minimum absolute atomic E-state index is 0.0312. The molecule has 4 nitrogen and oxygen atoms in total. The minimum Gasteiger partial charge on any atom is -0.277 e.